The second kappa shape index (κ2) is 6.09. The minimum absolute atomic E-state index is 0.150. The molecule has 0 aliphatic carbocycles. The largest absolute Gasteiger partial charge is 0.390 e. The van der Waals surface area contributed by atoms with Crippen LogP contribution in [-0.4, -0.2) is 16.9 Å². The lowest BCUT2D eigenvalue weighted by atomic mass is 9.86. The Bertz CT molecular complexity index is 826. The van der Waals surface area contributed by atoms with Crippen molar-refractivity contribution in [1.82, 2.24) is 0 Å². The Hall–Kier alpha value is -1.95. The molecule has 0 radical (unpaired) electrons. The molecule has 1 heterocycles. The van der Waals surface area contributed by atoms with Crippen molar-refractivity contribution in [1.29, 1.82) is 0 Å². The van der Waals surface area contributed by atoms with Crippen LogP contribution in [0.15, 0.2) is 84.9 Å². The van der Waals surface area contributed by atoms with E-state index in [-0.39, 0.29) is 5.92 Å². The molecule has 0 spiro atoms. The van der Waals surface area contributed by atoms with E-state index in [4.69, 9.17) is 0 Å². The topological polar surface area (TPSA) is 20.2 Å². The van der Waals surface area contributed by atoms with Gasteiger partial charge in [0, 0.05) is 5.56 Å². The first kappa shape index (κ1) is 16.5. The van der Waals surface area contributed by atoms with Crippen molar-refractivity contribution in [2.24, 2.45) is 0 Å². The fourth-order valence-corrected chi connectivity index (χ4v) is 9.25. The summed E-state index contributed by atoms with van der Waals surface area (Å²) >= 11 is 0. The lowest BCUT2D eigenvalue weighted by molar-refractivity contribution is 0.0583. The van der Waals surface area contributed by atoms with Crippen molar-refractivity contribution in [2.45, 2.75) is 25.4 Å². The number of benzene rings is 3. The number of fused-ring (bicyclic) bond motifs is 1. The summed E-state index contributed by atoms with van der Waals surface area (Å²) in [7, 11) is -1.75. The Balaban J connectivity index is 2.04. The molecule has 1 unspecified atom stereocenters. The highest BCUT2D eigenvalue weighted by molar-refractivity contribution is 7.96. The van der Waals surface area contributed by atoms with Crippen molar-refractivity contribution in [2.75, 3.05) is 6.16 Å². The molecule has 1 N–H and O–H groups in total. The van der Waals surface area contributed by atoms with Crippen molar-refractivity contribution < 1.29 is 5.11 Å². The molecule has 1 atom stereocenters. The van der Waals surface area contributed by atoms with Gasteiger partial charge in [0.15, 0.2) is 0 Å². The highest BCUT2D eigenvalue weighted by Crippen LogP contribution is 2.64. The fraction of sp³-hybridized carbons (Fsp3) is 0.217. The molecule has 4 rings (SSSR count). The van der Waals surface area contributed by atoms with Crippen LogP contribution in [-0.2, 0) is 0 Å². The molecule has 0 saturated carbocycles. The molecule has 0 amide bonds. The summed E-state index contributed by atoms with van der Waals surface area (Å²) in [5.41, 5.74) is 0.581. The van der Waals surface area contributed by atoms with Gasteiger partial charge in [0.2, 0.25) is 0 Å². The predicted molar refractivity (Wildman–Crippen MR) is 109 cm³/mol. The summed E-state index contributed by atoms with van der Waals surface area (Å²) in [6.45, 7) is 3.90. The Kier molecular flexibility index (Phi) is 4.02. The van der Waals surface area contributed by atoms with E-state index in [0.29, 0.717) is 0 Å². The number of hydrogen-bond donors (Lipinski definition) is 1. The predicted octanol–water partition coefficient (Wildman–Crippen LogP) is 3.85. The number of aliphatic hydroxyl groups is 1. The first-order valence-electron chi connectivity index (χ1n) is 8.84. The van der Waals surface area contributed by atoms with E-state index < -0.39 is 12.9 Å². The Morgan fingerprint density at radius 3 is 1.76 bits per heavy atom. The van der Waals surface area contributed by atoms with Crippen molar-refractivity contribution in [3.8, 4) is 0 Å². The standard InChI is InChI=1S/C23H24OP/c1-23(2,24)21-17-25(18-11-5-3-6-12-18,19-13-7-4-8-14-19)22-16-10-9-15-20(21)22/h3-16,21,24H,17H2,1-2H3/q+1. The second-order valence-corrected chi connectivity index (χ2v) is 10.9. The first-order chi connectivity index (χ1) is 12.0. The second-order valence-electron chi connectivity index (χ2n) is 7.43. The van der Waals surface area contributed by atoms with Crippen molar-refractivity contribution >= 4 is 23.2 Å². The highest BCUT2D eigenvalue weighted by Gasteiger charge is 2.57. The fourth-order valence-electron chi connectivity index (χ4n) is 4.21. The van der Waals surface area contributed by atoms with Gasteiger partial charge in [-0.25, -0.2) is 0 Å². The minimum Gasteiger partial charge on any atom is -0.390 e. The minimum atomic E-state index is -1.75. The van der Waals surface area contributed by atoms with E-state index in [2.05, 4.69) is 84.9 Å². The van der Waals surface area contributed by atoms with Gasteiger partial charge in [0.1, 0.15) is 23.2 Å². The molecule has 2 heteroatoms. The van der Waals surface area contributed by atoms with Gasteiger partial charge in [-0.05, 0) is 44.2 Å². The zero-order chi connectivity index (χ0) is 17.5. The normalized spacial score (nSPS) is 18.8. The zero-order valence-electron chi connectivity index (χ0n) is 14.8. The van der Waals surface area contributed by atoms with Gasteiger partial charge in [-0.3, -0.25) is 0 Å². The van der Waals surface area contributed by atoms with E-state index in [1.54, 1.807) is 0 Å². The summed E-state index contributed by atoms with van der Waals surface area (Å²) < 4.78 is 0. The molecule has 3 aromatic rings. The molecule has 0 bridgehead atoms. The maximum absolute atomic E-state index is 10.9. The quantitative estimate of drug-likeness (QED) is 0.714. The molecular weight excluding hydrogens is 323 g/mol. The first-order valence-corrected chi connectivity index (χ1v) is 10.8. The monoisotopic (exact) mass is 347 g/mol. The van der Waals surface area contributed by atoms with Crippen LogP contribution in [0.25, 0.3) is 0 Å². The molecule has 1 aliphatic rings. The summed E-state index contributed by atoms with van der Waals surface area (Å²) in [6.07, 6.45) is 0.990. The molecule has 1 aliphatic heterocycles. The van der Waals surface area contributed by atoms with Crippen LogP contribution in [0.4, 0.5) is 0 Å². The van der Waals surface area contributed by atoms with E-state index in [1.807, 2.05) is 13.8 Å². The maximum atomic E-state index is 10.9. The smallest absolute Gasteiger partial charge is 0.113 e. The SMILES string of the molecule is CC(C)(O)C1C[P+](c2ccccc2)(c2ccccc2)c2ccccc21. The van der Waals surface area contributed by atoms with E-state index >= 15 is 0 Å². The summed E-state index contributed by atoms with van der Waals surface area (Å²) in [5, 5.41) is 15.1. The number of hydrogen-bond acceptors (Lipinski definition) is 1. The molecule has 0 saturated heterocycles. The van der Waals surface area contributed by atoms with Crippen LogP contribution in [0, 0.1) is 0 Å². The van der Waals surface area contributed by atoms with Crippen LogP contribution in [0.1, 0.15) is 25.3 Å². The van der Waals surface area contributed by atoms with E-state index in [1.165, 1.54) is 21.5 Å². The molecule has 1 nitrogen and oxygen atoms in total. The molecule has 0 aromatic heterocycles. The van der Waals surface area contributed by atoms with Crippen molar-refractivity contribution in [3.63, 3.8) is 0 Å². The molecule has 3 aromatic carbocycles. The zero-order valence-corrected chi connectivity index (χ0v) is 15.7. The maximum Gasteiger partial charge on any atom is 0.113 e. The van der Waals surface area contributed by atoms with Gasteiger partial charge in [-0.2, -0.15) is 0 Å². The lowest BCUT2D eigenvalue weighted by Crippen LogP contribution is -2.32. The molecule has 126 valence electrons. The molecule has 0 fully saturated rings. The van der Waals surface area contributed by atoms with E-state index in [9.17, 15) is 5.11 Å². The summed E-state index contributed by atoms with van der Waals surface area (Å²) in [6, 6.07) is 30.5. The van der Waals surface area contributed by atoms with Gasteiger partial charge < -0.3 is 5.11 Å². The average Bonchev–Trinajstić information content (AvgIpc) is 3.00. The van der Waals surface area contributed by atoms with Gasteiger partial charge in [-0.1, -0.05) is 54.6 Å². The van der Waals surface area contributed by atoms with Crippen LogP contribution < -0.4 is 15.9 Å². The molecular formula is C23H24OP+. The Morgan fingerprint density at radius 1 is 0.760 bits per heavy atom. The third-order valence-electron chi connectivity index (χ3n) is 5.43. The Labute approximate surface area is 150 Å². The summed E-state index contributed by atoms with van der Waals surface area (Å²) in [4.78, 5) is 0. The third kappa shape index (κ3) is 2.63. The molecule has 25 heavy (non-hydrogen) atoms. The summed E-state index contributed by atoms with van der Waals surface area (Å²) in [5.74, 6) is 0.150. The van der Waals surface area contributed by atoms with Gasteiger partial charge in [0.25, 0.3) is 0 Å². The van der Waals surface area contributed by atoms with Gasteiger partial charge in [-0.15, -0.1) is 0 Å². The van der Waals surface area contributed by atoms with Crippen LogP contribution in [0.2, 0.25) is 0 Å². The van der Waals surface area contributed by atoms with Crippen LogP contribution in [0.5, 0.6) is 0 Å². The van der Waals surface area contributed by atoms with Gasteiger partial charge in [0.05, 0.1) is 17.7 Å². The van der Waals surface area contributed by atoms with Crippen LogP contribution >= 0.6 is 7.26 Å². The average molecular weight is 347 g/mol. The van der Waals surface area contributed by atoms with E-state index in [0.717, 1.165) is 6.16 Å². The van der Waals surface area contributed by atoms with Crippen LogP contribution in [0.3, 0.4) is 0 Å². The third-order valence-corrected chi connectivity index (χ3v) is 9.93. The lowest BCUT2D eigenvalue weighted by Gasteiger charge is -2.27. The van der Waals surface area contributed by atoms with Crippen molar-refractivity contribution in [3.05, 3.63) is 90.5 Å². The van der Waals surface area contributed by atoms with Gasteiger partial charge >= 0.3 is 0 Å². The Morgan fingerprint density at radius 2 is 1.24 bits per heavy atom. The highest BCUT2D eigenvalue weighted by atomic mass is 31.2. The number of rotatable bonds is 3.